The molecule has 8 heteroatoms. The first kappa shape index (κ1) is 23.1. The standard InChI is InChI=1S/C25H32N4O4/c1-17-5-4-6-18(2)24(17)27-23(30)14-26-25(31)19(3)29-11-9-28(10-12-29)15-20-7-8-21-22(13-20)33-16-32-21/h4-8,13,19H,9-12,14-16H2,1-3H3,(H,26,31)(H,27,30)/t19-/m0/s1. The maximum atomic E-state index is 12.6. The Morgan fingerprint density at radius 3 is 2.42 bits per heavy atom. The molecule has 2 amide bonds. The van der Waals surface area contributed by atoms with Gasteiger partial charge in [0.15, 0.2) is 11.5 Å². The SMILES string of the molecule is Cc1cccc(C)c1NC(=O)CNC(=O)[C@H](C)N1CCN(Cc2ccc3c(c2)OCO3)CC1. The lowest BCUT2D eigenvalue weighted by molar-refractivity contribution is -0.128. The van der Waals surface area contributed by atoms with Gasteiger partial charge in [-0.05, 0) is 49.6 Å². The number of nitrogens with one attached hydrogen (secondary N) is 2. The first-order valence-corrected chi connectivity index (χ1v) is 11.4. The highest BCUT2D eigenvalue weighted by molar-refractivity contribution is 5.96. The molecule has 4 rings (SSSR count). The summed E-state index contributed by atoms with van der Waals surface area (Å²) in [5, 5.41) is 5.69. The van der Waals surface area contributed by atoms with Gasteiger partial charge in [-0.25, -0.2) is 0 Å². The van der Waals surface area contributed by atoms with Gasteiger partial charge in [-0.2, -0.15) is 0 Å². The van der Waals surface area contributed by atoms with Gasteiger partial charge in [-0.1, -0.05) is 24.3 Å². The summed E-state index contributed by atoms with van der Waals surface area (Å²) in [7, 11) is 0. The molecule has 0 saturated carbocycles. The van der Waals surface area contributed by atoms with Crippen LogP contribution in [0.4, 0.5) is 5.69 Å². The molecule has 1 fully saturated rings. The number of amides is 2. The molecule has 33 heavy (non-hydrogen) atoms. The molecular formula is C25H32N4O4. The molecule has 0 aliphatic carbocycles. The fourth-order valence-electron chi connectivity index (χ4n) is 4.28. The molecule has 2 aliphatic rings. The summed E-state index contributed by atoms with van der Waals surface area (Å²) in [6.07, 6.45) is 0. The van der Waals surface area contributed by atoms with Crippen molar-refractivity contribution in [3.8, 4) is 11.5 Å². The molecule has 2 N–H and O–H groups in total. The molecule has 0 aromatic heterocycles. The van der Waals surface area contributed by atoms with E-state index in [4.69, 9.17) is 9.47 Å². The van der Waals surface area contributed by atoms with Crippen LogP contribution in [0, 0.1) is 13.8 Å². The first-order chi connectivity index (χ1) is 15.9. The van der Waals surface area contributed by atoms with Gasteiger partial charge in [-0.3, -0.25) is 19.4 Å². The van der Waals surface area contributed by atoms with Crippen LogP contribution in [-0.2, 0) is 16.1 Å². The van der Waals surface area contributed by atoms with E-state index in [0.717, 1.165) is 61.0 Å². The smallest absolute Gasteiger partial charge is 0.243 e. The van der Waals surface area contributed by atoms with Crippen LogP contribution in [-0.4, -0.2) is 67.2 Å². The summed E-state index contributed by atoms with van der Waals surface area (Å²) in [6, 6.07) is 11.6. The van der Waals surface area contributed by atoms with Crippen molar-refractivity contribution in [3.63, 3.8) is 0 Å². The quantitative estimate of drug-likeness (QED) is 0.671. The summed E-state index contributed by atoms with van der Waals surface area (Å²) in [6.45, 7) is 10.2. The topological polar surface area (TPSA) is 83.1 Å². The van der Waals surface area contributed by atoms with Gasteiger partial charge in [0.25, 0.3) is 0 Å². The average molecular weight is 453 g/mol. The predicted octanol–water partition coefficient (Wildman–Crippen LogP) is 2.29. The lowest BCUT2D eigenvalue weighted by Crippen LogP contribution is -2.54. The Morgan fingerprint density at radius 2 is 1.70 bits per heavy atom. The normalized spacial score (nSPS) is 16.9. The lowest BCUT2D eigenvalue weighted by Gasteiger charge is -2.37. The van der Waals surface area contributed by atoms with E-state index in [1.807, 2.05) is 51.1 Å². The highest BCUT2D eigenvalue weighted by Crippen LogP contribution is 2.32. The maximum absolute atomic E-state index is 12.6. The molecule has 1 atom stereocenters. The van der Waals surface area contributed by atoms with Crippen molar-refractivity contribution in [2.24, 2.45) is 0 Å². The molecular weight excluding hydrogens is 420 g/mol. The Hall–Kier alpha value is -3.10. The van der Waals surface area contributed by atoms with Crippen molar-refractivity contribution in [3.05, 3.63) is 53.1 Å². The average Bonchev–Trinajstić information content (AvgIpc) is 3.28. The summed E-state index contributed by atoms with van der Waals surface area (Å²) in [4.78, 5) is 29.5. The number of ether oxygens (including phenoxy) is 2. The van der Waals surface area contributed by atoms with Crippen LogP contribution in [0.5, 0.6) is 11.5 Å². The third kappa shape index (κ3) is 5.64. The zero-order chi connectivity index (χ0) is 23.4. The monoisotopic (exact) mass is 452 g/mol. The van der Waals surface area contributed by atoms with Crippen molar-refractivity contribution in [2.75, 3.05) is 44.8 Å². The fourth-order valence-corrected chi connectivity index (χ4v) is 4.28. The third-order valence-electron chi connectivity index (χ3n) is 6.35. The van der Waals surface area contributed by atoms with E-state index in [1.165, 1.54) is 5.56 Å². The highest BCUT2D eigenvalue weighted by Gasteiger charge is 2.26. The van der Waals surface area contributed by atoms with Gasteiger partial charge >= 0.3 is 0 Å². The molecule has 0 unspecified atom stereocenters. The molecule has 2 heterocycles. The first-order valence-electron chi connectivity index (χ1n) is 11.4. The van der Waals surface area contributed by atoms with Crippen LogP contribution in [0.1, 0.15) is 23.6 Å². The van der Waals surface area contributed by atoms with E-state index in [2.05, 4.69) is 26.5 Å². The Bertz CT molecular complexity index is 997. The number of nitrogens with zero attached hydrogens (tertiary/aromatic N) is 2. The minimum Gasteiger partial charge on any atom is -0.454 e. The number of carbonyl (C=O) groups excluding carboxylic acids is 2. The maximum Gasteiger partial charge on any atom is 0.243 e. The second kappa shape index (κ2) is 10.2. The molecule has 8 nitrogen and oxygen atoms in total. The number of hydrogen-bond acceptors (Lipinski definition) is 6. The van der Waals surface area contributed by atoms with Crippen LogP contribution in [0.2, 0.25) is 0 Å². The van der Waals surface area contributed by atoms with Crippen molar-refractivity contribution in [1.29, 1.82) is 0 Å². The van der Waals surface area contributed by atoms with E-state index in [0.29, 0.717) is 0 Å². The minimum absolute atomic E-state index is 0.0406. The summed E-state index contributed by atoms with van der Waals surface area (Å²) in [5.41, 5.74) is 4.00. The summed E-state index contributed by atoms with van der Waals surface area (Å²) < 4.78 is 10.8. The Balaban J connectivity index is 1.21. The van der Waals surface area contributed by atoms with E-state index >= 15 is 0 Å². The molecule has 0 radical (unpaired) electrons. The third-order valence-corrected chi connectivity index (χ3v) is 6.35. The lowest BCUT2D eigenvalue weighted by atomic mass is 10.1. The van der Waals surface area contributed by atoms with Crippen molar-refractivity contribution in [1.82, 2.24) is 15.1 Å². The van der Waals surface area contributed by atoms with Gasteiger partial charge < -0.3 is 20.1 Å². The van der Waals surface area contributed by atoms with E-state index < -0.39 is 0 Å². The molecule has 0 bridgehead atoms. The highest BCUT2D eigenvalue weighted by atomic mass is 16.7. The number of aryl methyl sites for hydroxylation is 2. The van der Waals surface area contributed by atoms with Crippen molar-refractivity contribution in [2.45, 2.75) is 33.4 Å². The number of hydrogen-bond donors (Lipinski definition) is 2. The minimum atomic E-state index is -0.286. The molecule has 176 valence electrons. The van der Waals surface area contributed by atoms with E-state index in [9.17, 15) is 9.59 Å². The number of piperazine rings is 1. The summed E-state index contributed by atoms with van der Waals surface area (Å²) in [5.74, 6) is 1.25. The number of para-hydroxylation sites is 1. The number of anilines is 1. The van der Waals surface area contributed by atoms with E-state index in [1.54, 1.807) is 0 Å². The number of fused-ring (bicyclic) bond motifs is 1. The fraction of sp³-hybridized carbons (Fsp3) is 0.440. The van der Waals surface area contributed by atoms with Crippen LogP contribution in [0.15, 0.2) is 36.4 Å². The Labute approximate surface area is 194 Å². The van der Waals surface area contributed by atoms with Crippen LogP contribution >= 0.6 is 0 Å². The van der Waals surface area contributed by atoms with E-state index in [-0.39, 0.29) is 31.2 Å². The van der Waals surface area contributed by atoms with Gasteiger partial charge in [0, 0.05) is 38.4 Å². The number of carbonyl (C=O) groups is 2. The van der Waals surface area contributed by atoms with Gasteiger partial charge in [-0.15, -0.1) is 0 Å². The largest absolute Gasteiger partial charge is 0.454 e. The zero-order valence-electron chi connectivity index (χ0n) is 19.5. The molecule has 2 aliphatic heterocycles. The van der Waals surface area contributed by atoms with Gasteiger partial charge in [0.1, 0.15) is 0 Å². The van der Waals surface area contributed by atoms with Crippen LogP contribution < -0.4 is 20.1 Å². The van der Waals surface area contributed by atoms with Gasteiger partial charge in [0.2, 0.25) is 18.6 Å². The second-order valence-corrected chi connectivity index (χ2v) is 8.71. The number of benzene rings is 2. The second-order valence-electron chi connectivity index (χ2n) is 8.71. The molecule has 1 saturated heterocycles. The Kier molecular flexibility index (Phi) is 7.15. The van der Waals surface area contributed by atoms with Crippen LogP contribution in [0.3, 0.4) is 0 Å². The predicted molar refractivity (Wildman–Crippen MR) is 126 cm³/mol. The number of rotatable bonds is 7. The van der Waals surface area contributed by atoms with Crippen LogP contribution in [0.25, 0.3) is 0 Å². The zero-order valence-corrected chi connectivity index (χ0v) is 19.5. The molecule has 2 aromatic carbocycles. The Morgan fingerprint density at radius 1 is 1.00 bits per heavy atom. The molecule has 0 spiro atoms. The van der Waals surface area contributed by atoms with Crippen molar-refractivity contribution < 1.29 is 19.1 Å². The molecule has 2 aromatic rings. The van der Waals surface area contributed by atoms with Crippen molar-refractivity contribution >= 4 is 17.5 Å². The summed E-state index contributed by atoms with van der Waals surface area (Å²) >= 11 is 0. The van der Waals surface area contributed by atoms with Gasteiger partial charge in [0.05, 0.1) is 12.6 Å².